The summed E-state index contributed by atoms with van der Waals surface area (Å²) in [5.74, 6) is 0. The Morgan fingerprint density at radius 3 is 2.76 bits per heavy atom. The highest BCUT2D eigenvalue weighted by Gasteiger charge is 2.23. The minimum Gasteiger partial charge on any atom is -0.411 e. The second-order valence-corrected chi connectivity index (χ2v) is 4.10. The maximum atomic E-state index is 11.6. The van der Waals surface area contributed by atoms with E-state index >= 15 is 0 Å². The van der Waals surface area contributed by atoms with Gasteiger partial charge >= 0.3 is 6.03 Å². The van der Waals surface area contributed by atoms with Crippen LogP contribution in [0, 0.1) is 0 Å². The van der Waals surface area contributed by atoms with Gasteiger partial charge in [-0.05, 0) is 25.8 Å². The van der Waals surface area contributed by atoms with Gasteiger partial charge < -0.3 is 15.8 Å². The topological polar surface area (TPSA) is 73.7 Å². The standard InChI is InChI=1S/C12H15N3O2/c1-8(15-17)10-4-2-3-5-11(10)14-12(16)13-9-6-7-9/h2-5,9,17H,6-7H2,1H3,(H2,13,14,16). The van der Waals surface area contributed by atoms with Crippen LogP contribution in [0.3, 0.4) is 0 Å². The van der Waals surface area contributed by atoms with Crippen molar-refractivity contribution >= 4 is 17.4 Å². The molecule has 0 atom stereocenters. The zero-order valence-electron chi connectivity index (χ0n) is 9.60. The van der Waals surface area contributed by atoms with Gasteiger partial charge in [0.25, 0.3) is 0 Å². The van der Waals surface area contributed by atoms with Crippen molar-refractivity contribution in [1.82, 2.24) is 5.32 Å². The fourth-order valence-electron chi connectivity index (χ4n) is 1.53. The molecule has 2 rings (SSSR count). The second-order valence-electron chi connectivity index (χ2n) is 4.10. The Morgan fingerprint density at radius 2 is 2.12 bits per heavy atom. The minimum atomic E-state index is -0.217. The molecule has 1 saturated carbocycles. The third-order valence-electron chi connectivity index (χ3n) is 2.63. The number of rotatable bonds is 3. The molecule has 0 radical (unpaired) electrons. The zero-order valence-corrected chi connectivity index (χ0v) is 9.60. The van der Waals surface area contributed by atoms with E-state index in [1.165, 1.54) is 0 Å². The monoisotopic (exact) mass is 233 g/mol. The molecule has 0 unspecified atom stereocenters. The Morgan fingerprint density at radius 1 is 1.41 bits per heavy atom. The van der Waals surface area contributed by atoms with Gasteiger partial charge in [-0.2, -0.15) is 0 Å². The summed E-state index contributed by atoms with van der Waals surface area (Å²) in [7, 11) is 0. The molecule has 0 spiro atoms. The number of hydrogen-bond acceptors (Lipinski definition) is 3. The van der Waals surface area contributed by atoms with Crippen LogP contribution in [-0.4, -0.2) is 23.0 Å². The first-order valence-corrected chi connectivity index (χ1v) is 5.56. The normalized spacial score (nSPS) is 15.5. The highest BCUT2D eigenvalue weighted by Crippen LogP contribution is 2.20. The first-order chi connectivity index (χ1) is 8.20. The molecule has 1 aliphatic carbocycles. The summed E-state index contributed by atoms with van der Waals surface area (Å²) >= 11 is 0. The highest BCUT2D eigenvalue weighted by molar-refractivity contribution is 6.06. The molecule has 0 saturated heterocycles. The molecule has 0 aliphatic heterocycles. The predicted molar refractivity (Wildman–Crippen MR) is 65.6 cm³/mol. The number of nitrogens with zero attached hydrogens (tertiary/aromatic N) is 1. The summed E-state index contributed by atoms with van der Waals surface area (Å²) < 4.78 is 0. The van der Waals surface area contributed by atoms with Gasteiger partial charge in [0.1, 0.15) is 0 Å². The van der Waals surface area contributed by atoms with E-state index in [1.807, 2.05) is 12.1 Å². The molecule has 5 heteroatoms. The lowest BCUT2D eigenvalue weighted by Gasteiger charge is -2.10. The quantitative estimate of drug-likeness (QED) is 0.425. The molecule has 1 aromatic carbocycles. The molecule has 0 aromatic heterocycles. The van der Waals surface area contributed by atoms with E-state index in [-0.39, 0.29) is 6.03 Å². The second kappa shape index (κ2) is 4.86. The van der Waals surface area contributed by atoms with Crippen molar-refractivity contribution in [3.05, 3.63) is 29.8 Å². The van der Waals surface area contributed by atoms with Crippen LogP contribution in [0.5, 0.6) is 0 Å². The molecule has 0 heterocycles. The molecule has 1 aromatic rings. The van der Waals surface area contributed by atoms with Crippen LogP contribution in [0.2, 0.25) is 0 Å². The van der Waals surface area contributed by atoms with Gasteiger partial charge in [0.2, 0.25) is 0 Å². The Hall–Kier alpha value is -2.04. The molecule has 1 fully saturated rings. The van der Waals surface area contributed by atoms with E-state index in [4.69, 9.17) is 5.21 Å². The van der Waals surface area contributed by atoms with E-state index in [0.717, 1.165) is 12.8 Å². The number of para-hydroxylation sites is 1. The van der Waals surface area contributed by atoms with E-state index in [9.17, 15) is 4.79 Å². The van der Waals surface area contributed by atoms with Crippen molar-refractivity contribution in [2.24, 2.45) is 5.16 Å². The molecule has 0 bridgehead atoms. The average molecular weight is 233 g/mol. The smallest absolute Gasteiger partial charge is 0.319 e. The van der Waals surface area contributed by atoms with E-state index in [0.29, 0.717) is 23.0 Å². The number of carbonyl (C=O) groups is 1. The van der Waals surface area contributed by atoms with Crippen LogP contribution >= 0.6 is 0 Å². The van der Waals surface area contributed by atoms with Crippen LogP contribution in [0.4, 0.5) is 10.5 Å². The predicted octanol–water partition coefficient (Wildman–Crippen LogP) is 2.17. The molecule has 17 heavy (non-hydrogen) atoms. The van der Waals surface area contributed by atoms with Crippen molar-refractivity contribution in [2.45, 2.75) is 25.8 Å². The van der Waals surface area contributed by atoms with Crippen LogP contribution < -0.4 is 10.6 Å². The van der Waals surface area contributed by atoms with Crippen molar-refractivity contribution in [3.63, 3.8) is 0 Å². The van der Waals surface area contributed by atoms with Gasteiger partial charge in [0, 0.05) is 11.6 Å². The average Bonchev–Trinajstić information content (AvgIpc) is 3.12. The SMILES string of the molecule is CC(=NO)c1ccccc1NC(=O)NC1CC1. The number of carbonyl (C=O) groups excluding carboxylic acids is 1. The number of anilines is 1. The fourth-order valence-corrected chi connectivity index (χ4v) is 1.53. The van der Waals surface area contributed by atoms with Gasteiger partial charge in [0.15, 0.2) is 0 Å². The summed E-state index contributed by atoms with van der Waals surface area (Å²) in [6.45, 7) is 1.68. The summed E-state index contributed by atoms with van der Waals surface area (Å²) in [6, 6.07) is 7.31. The number of oxime groups is 1. The lowest BCUT2D eigenvalue weighted by atomic mass is 10.1. The largest absolute Gasteiger partial charge is 0.411 e. The molecule has 3 N–H and O–H groups in total. The number of nitrogens with one attached hydrogen (secondary N) is 2. The zero-order chi connectivity index (χ0) is 12.3. The number of benzene rings is 1. The summed E-state index contributed by atoms with van der Waals surface area (Å²) in [5, 5.41) is 17.5. The van der Waals surface area contributed by atoms with Crippen LogP contribution in [-0.2, 0) is 0 Å². The Balaban J connectivity index is 2.11. The molecular weight excluding hydrogens is 218 g/mol. The van der Waals surface area contributed by atoms with Crippen molar-refractivity contribution in [3.8, 4) is 0 Å². The van der Waals surface area contributed by atoms with Crippen molar-refractivity contribution < 1.29 is 10.0 Å². The molecule has 5 nitrogen and oxygen atoms in total. The lowest BCUT2D eigenvalue weighted by molar-refractivity contribution is 0.251. The third-order valence-corrected chi connectivity index (χ3v) is 2.63. The van der Waals surface area contributed by atoms with Gasteiger partial charge in [0.05, 0.1) is 11.4 Å². The van der Waals surface area contributed by atoms with E-state index < -0.39 is 0 Å². The number of urea groups is 1. The van der Waals surface area contributed by atoms with Gasteiger partial charge in [-0.25, -0.2) is 4.79 Å². The Kier molecular flexibility index (Phi) is 3.27. The highest BCUT2D eigenvalue weighted by atomic mass is 16.4. The summed E-state index contributed by atoms with van der Waals surface area (Å²) in [6.07, 6.45) is 2.10. The first kappa shape index (κ1) is 11.4. The van der Waals surface area contributed by atoms with Gasteiger partial charge in [-0.1, -0.05) is 23.4 Å². The van der Waals surface area contributed by atoms with Crippen LogP contribution in [0.25, 0.3) is 0 Å². The van der Waals surface area contributed by atoms with Crippen molar-refractivity contribution in [2.75, 3.05) is 5.32 Å². The maximum absolute atomic E-state index is 11.6. The third kappa shape index (κ3) is 2.96. The summed E-state index contributed by atoms with van der Waals surface area (Å²) in [5.41, 5.74) is 1.81. The summed E-state index contributed by atoms with van der Waals surface area (Å²) in [4.78, 5) is 11.6. The molecule has 90 valence electrons. The van der Waals surface area contributed by atoms with E-state index in [2.05, 4.69) is 15.8 Å². The number of hydrogen-bond donors (Lipinski definition) is 3. The first-order valence-electron chi connectivity index (χ1n) is 5.56. The fraction of sp³-hybridized carbons (Fsp3) is 0.333. The lowest BCUT2D eigenvalue weighted by Crippen LogP contribution is -2.30. The number of amides is 2. The van der Waals surface area contributed by atoms with Crippen LogP contribution in [0.1, 0.15) is 25.3 Å². The maximum Gasteiger partial charge on any atom is 0.319 e. The Labute approximate surface area is 99.5 Å². The molecule has 2 amide bonds. The Bertz CT molecular complexity index is 453. The molecular formula is C12H15N3O2. The molecule has 1 aliphatic rings. The van der Waals surface area contributed by atoms with Crippen LogP contribution in [0.15, 0.2) is 29.4 Å². The van der Waals surface area contributed by atoms with Gasteiger partial charge in [-0.3, -0.25) is 0 Å². The van der Waals surface area contributed by atoms with E-state index in [1.54, 1.807) is 19.1 Å². The van der Waals surface area contributed by atoms with Crippen molar-refractivity contribution in [1.29, 1.82) is 0 Å². The van der Waals surface area contributed by atoms with Gasteiger partial charge in [-0.15, -0.1) is 0 Å². The minimum absolute atomic E-state index is 0.217.